The van der Waals surface area contributed by atoms with Gasteiger partial charge in [-0.1, -0.05) is 11.6 Å². The Kier molecular flexibility index (Phi) is 6.46. The molecule has 0 aliphatic carbocycles. The molecular formula is C19H21ClN2O4. The summed E-state index contributed by atoms with van der Waals surface area (Å²) in [6.07, 6.45) is 0.678. The number of hydrogen-bond acceptors (Lipinski definition) is 5. The quantitative estimate of drug-likeness (QED) is 0.596. The van der Waals surface area contributed by atoms with Gasteiger partial charge in [0.1, 0.15) is 5.75 Å². The van der Waals surface area contributed by atoms with E-state index in [0.29, 0.717) is 22.1 Å². The monoisotopic (exact) mass is 376 g/mol. The molecule has 1 amide bonds. The van der Waals surface area contributed by atoms with Gasteiger partial charge >= 0.3 is 0 Å². The second-order valence-electron chi connectivity index (χ2n) is 5.80. The zero-order chi connectivity index (χ0) is 19.3. The minimum absolute atomic E-state index is 0.00652. The maximum absolute atomic E-state index is 12.1. The van der Waals surface area contributed by atoms with Gasteiger partial charge in [-0.25, -0.2) is 5.43 Å². The minimum atomic E-state index is -0.739. The van der Waals surface area contributed by atoms with Crippen molar-refractivity contribution in [3.63, 3.8) is 0 Å². The van der Waals surface area contributed by atoms with Crippen molar-refractivity contribution in [2.75, 3.05) is 7.11 Å². The van der Waals surface area contributed by atoms with Gasteiger partial charge in [0.15, 0.2) is 17.6 Å². The number of aromatic hydroxyl groups is 1. The molecular weight excluding hydrogens is 356 g/mol. The second-order valence-corrected chi connectivity index (χ2v) is 6.17. The highest BCUT2D eigenvalue weighted by Crippen LogP contribution is 2.27. The highest BCUT2D eigenvalue weighted by molar-refractivity contribution is 6.32. The predicted molar refractivity (Wildman–Crippen MR) is 101 cm³/mol. The standard InChI is InChI=1S/C19H21ClN2O4/c1-11-7-15(8-12(2)18(11)20)26-13(3)19(24)22-21-10-14-5-6-17(25-4)16(23)9-14/h5-10,13,23H,1-4H3,(H,22,24)/b21-10+. The first-order chi connectivity index (χ1) is 12.3. The van der Waals surface area contributed by atoms with Gasteiger partial charge in [0.2, 0.25) is 0 Å². The molecule has 138 valence electrons. The molecule has 1 unspecified atom stereocenters. The average molecular weight is 377 g/mol. The van der Waals surface area contributed by atoms with E-state index in [9.17, 15) is 9.90 Å². The fourth-order valence-corrected chi connectivity index (χ4v) is 2.39. The number of hydrazone groups is 1. The fourth-order valence-electron chi connectivity index (χ4n) is 2.28. The van der Waals surface area contributed by atoms with Gasteiger partial charge in [0.25, 0.3) is 5.91 Å². The van der Waals surface area contributed by atoms with Gasteiger partial charge in [-0.15, -0.1) is 0 Å². The lowest BCUT2D eigenvalue weighted by Gasteiger charge is -2.15. The van der Waals surface area contributed by atoms with E-state index in [0.717, 1.165) is 11.1 Å². The number of phenolic OH excluding ortho intramolecular Hbond substituents is 1. The topological polar surface area (TPSA) is 80.2 Å². The summed E-state index contributed by atoms with van der Waals surface area (Å²) in [6, 6.07) is 8.35. The van der Waals surface area contributed by atoms with Gasteiger partial charge in [0.05, 0.1) is 13.3 Å². The molecule has 0 aliphatic heterocycles. The predicted octanol–water partition coefficient (Wildman–Crippen LogP) is 3.59. The number of hydrogen-bond donors (Lipinski definition) is 2. The van der Waals surface area contributed by atoms with Gasteiger partial charge in [-0.3, -0.25) is 4.79 Å². The lowest BCUT2D eigenvalue weighted by atomic mass is 10.1. The number of amides is 1. The summed E-state index contributed by atoms with van der Waals surface area (Å²) in [5.41, 5.74) is 4.78. The van der Waals surface area contributed by atoms with Crippen molar-refractivity contribution >= 4 is 23.7 Å². The van der Waals surface area contributed by atoms with Crippen LogP contribution < -0.4 is 14.9 Å². The SMILES string of the molecule is COc1ccc(/C=N/NC(=O)C(C)Oc2cc(C)c(Cl)c(C)c2)cc1O. The third-order valence-electron chi connectivity index (χ3n) is 3.68. The molecule has 2 rings (SSSR count). The van der Waals surface area contributed by atoms with Crippen LogP contribution in [0.1, 0.15) is 23.6 Å². The molecule has 2 aromatic rings. The van der Waals surface area contributed by atoms with Crippen molar-refractivity contribution in [1.29, 1.82) is 0 Å². The molecule has 0 radical (unpaired) electrons. The first kappa shape index (κ1) is 19.6. The zero-order valence-corrected chi connectivity index (χ0v) is 15.8. The van der Waals surface area contributed by atoms with Crippen LogP contribution in [0.2, 0.25) is 5.02 Å². The molecule has 0 bridgehead atoms. The number of nitrogens with zero attached hydrogens (tertiary/aromatic N) is 1. The third kappa shape index (κ3) is 4.89. The Hall–Kier alpha value is -2.73. The first-order valence-electron chi connectivity index (χ1n) is 7.95. The van der Waals surface area contributed by atoms with Crippen molar-refractivity contribution in [3.05, 3.63) is 52.0 Å². The van der Waals surface area contributed by atoms with Crippen LogP contribution in [0.3, 0.4) is 0 Å². The summed E-state index contributed by atoms with van der Waals surface area (Å²) in [7, 11) is 1.47. The normalized spacial score (nSPS) is 12.0. The Morgan fingerprint density at radius 3 is 2.50 bits per heavy atom. The van der Waals surface area contributed by atoms with Gasteiger partial charge in [0, 0.05) is 5.02 Å². The van der Waals surface area contributed by atoms with Gasteiger partial charge in [-0.2, -0.15) is 5.10 Å². The van der Waals surface area contributed by atoms with E-state index < -0.39 is 12.0 Å². The van der Waals surface area contributed by atoms with Gasteiger partial charge < -0.3 is 14.6 Å². The Bertz CT molecular complexity index is 813. The zero-order valence-electron chi connectivity index (χ0n) is 15.0. The largest absolute Gasteiger partial charge is 0.504 e. The van der Waals surface area contributed by atoms with Crippen molar-refractivity contribution < 1.29 is 19.4 Å². The smallest absolute Gasteiger partial charge is 0.280 e. The molecule has 2 N–H and O–H groups in total. The number of phenols is 1. The van der Waals surface area contributed by atoms with Crippen LogP contribution in [-0.4, -0.2) is 30.4 Å². The number of ether oxygens (including phenoxy) is 2. The van der Waals surface area contributed by atoms with Crippen LogP contribution in [0.25, 0.3) is 0 Å². The summed E-state index contributed by atoms with van der Waals surface area (Å²) in [6.45, 7) is 5.38. The fraction of sp³-hybridized carbons (Fsp3) is 0.263. The Morgan fingerprint density at radius 2 is 1.92 bits per heavy atom. The molecule has 0 saturated heterocycles. The number of halogens is 1. The van der Waals surface area contributed by atoms with Crippen molar-refractivity contribution in [3.8, 4) is 17.2 Å². The molecule has 2 aromatic carbocycles. The van der Waals surface area contributed by atoms with E-state index in [2.05, 4.69) is 10.5 Å². The van der Waals surface area contributed by atoms with E-state index >= 15 is 0 Å². The minimum Gasteiger partial charge on any atom is -0.504 e. The molecule has 0 aliphatic rings. The van der Waals surface area contributed by atoms with Crippen LogP contribution in [0.4, 0.5) is 0 Å². The van der Waals surface area contributed by atoms with Crippen LogP contribution in [0.5, 0.6) is 17.2 Å². The maximum Gasteiger partial charge on any atom is 0.280 e. The second kappa shape index (κ2) is 8.58. The van der Waals surface area contributed by atoms with Crippen molar-refractivity contribution in [2.24, 2.45) is 5.10 Å². The molecule has 1 atom stereocenters. The maximum atomic E-state index is 12.1. The Balaban J connectivity index is 1.96. The molecule has 0 fully saturated rings. The summed E-state index contributed by atoms with van der Waals surface area (Å²) in [4.78, 5) is 12.1. The number of rotatable bonds is 6. The van der Waals surface area contributed by atoms with Gasteiger partial charge in [-0.05, 0) is 67.8 Å². The first-order valence-corrected chi connectivity index (χ1v) is 8.33. The van der Waals surface area contributed by atoms with E-state index in [-0.39, 0.29) is 5.75 Å². The number of benzene rings is 2. The number of carbonyl (C=O) groups excluding carboxylic acids is 1. The molecule has 0 aromatic heterocycles. The third-order valence-corrected chi connectivity index (χ3v) is 4.28. The van der Waals surface area contributed by atoms with E-state index in [1.54, 1.807) is 31.2 Å². The Labute approximate surface area is 157 Å². The molecule has 0 heterocycles. The molecule has 0 saturated carbocycles. The van der Waals surface area contributed by atoms with Crippen LogP contribution in [0.15, 0.2) is 35.4 Å². The molecule has 7 heteroatoms. The van der Waals surface area contributed by atoms with Crippen molar-refractivity contribution in [1.82, 2.24) is 5.43 Å². The number of methoxy groups -OCH3 is 1. The average Bonchev–Trinajstić information content (AvgIpc) is 2.59. The van der Waals surface area contributed by atoms with E-state index in [1.807, 2.05) is 13.8 Å². The number of carbonyl (C=O) groups is 1. The highest BCUT2D eigenvalue weighted by atomic mass is 35.5. The summed E-state index contributed by atoms with van der Waals surface area (Å²) in [5, 5.41) is 14.3. The molecule has 0 spiro atoms. The number of nitrogens with one attached hydrogen (secondary N) is 1. The number of aryl methyl sites for hydroxylation is 2. The Morgan fingerprint density at radius 1 is 1.27 bits per heavy atom. The lowest BCUT2D eigenvalue weighted by molar-refractivity contribution is -0.127. The summed E-state index contributed by atoms with van der Waals surface area (Å²) in [5.74, 6) is 0.523. The summed E-state index contributed by atoms with van der Waals surface area (Å²) >= 11 is 6.13. The van der Waals surface area contributed by atoms with E-state index in [1.165, 1.54) is 19.4 Å². The molecule has 6 nitrogen and oxygen atoms in total. The molecule has 26 heavy (non-hydrogen) atoms. The lowest BCUT2D eigenvalue weighted by Crippen LogP contribution is -2.33. The summed E-state index contributed by atoms with van der Waals surface area (Å²) < 4.78 is 10.6. The highest BCUT2D eigenvalue weighted by Gasteiger charge is 2.15. The van der Waals surface area contributed by atoms with Crippen molar-refractivity contribution in [2.45, 2.75) is 26.9 Å². The van der Waals surface area contributed by atoms with Crippen LogP contribution in [0, 0.1) is 13.8 Å². The van der Waals surface area contributed by atoms with E-state index in [4.69, 9.17) is 21.1 Å². The van der Waals surface area contributed by atoms with Crippen LogP contribution in [-0.2, 0) is 4.79 Å². The van der Waals surface area contributed by atoms with Crippen LogP contribution >= 0.6 is 11.6 Å².